The molecule has 0 aromatic carbocycles. The van der Waals surface area contributed by atoms with E-state index in [2.05, 4.69) is 20.2 Å². The van der Waals surface area contributed by atoms with Crippen LogP contribution in [-0.2, 0) is 0 Å². The predicted molar refractivity (Wildman–Crippen MR) is 79.6 cm³/mol. The second kappa shape index (κ2) is 5.74. The molecule has 1 aromatic heterocycles. The molecule has 0 saturated carbocycles. The van der Waals surface area contributed by atoms with Gasteiger partial charge in [-0.3, -0.25) is 0 Å². The third-order valence-electron chi connectivity index (χ3n) is 3.23. The third kappa shape index (κ3) is 4.35. The van der Waals surface area contributed by atoms with Gasteiger partial charge in [0.05, 0.1) is 0 Å². The Hall–Kier alpha value is -1.36. The number of rotatable bonds is 4. The van der Waals surface area contributed by atoms with E-state index in [1.54, 1.807) is 0 Å². The molecule has 3 N–H and O–H groups in total. The molecule has 0 spiro atoms. The average molecular weight is 263 g/mol. The summed E-state index contributed by atoms with van der Waals surface area (Å²) in [6.07, 6.45) is 3.83. The second-order valence-corrected chi connectivity index (χ2v) is 6.05. The fourth-order valence-corrected chi connectivity index (χ4v) is 2.25. The second-order valence-electron chi connectivity index (χ2n) is 6.05. The highest BCUT2D eigenvalue weighted by molar-refractivity contribution is 5.49. The minimum atomic E-state index is -0.246. The van der Waals surface area contributed by atoms with Crippen LogP contribution in [0.15, 0.2) is 6.07 Å². The first-order valence-corrected chi connectivity index (χ1v) is 7.07. The van der Waals surface area contributed by atoms with E-state index in [1.807, 2.05) is 26.8 Å². The van der Waals surface area contributed by atoms with Gasteiger partial charge in [0.25, 0.3) is 0 Å². The first kappa shape index (κ1) is 14.1. The Bertz CT molecular complexity index is 418. The molecular formula is C14H25N5. The number of piperidine rings is 1. The number of hydrogen-bond acceptors (Lipinski definition) is 5. The highest BCUT2D eigenvalue weighted by Crippen LogP contribution is 2.20. The molecule has 5 heteroatoms. The van der Waals surface area contributed by atoms with Crippen LogP contribution in [0.5, 0.6) is 0 Å². The normalized spacial score (nSPS) is 16.5. The number of aryl methyl sites for hydroxylation is 1. The monoisotopic (exact) mass is 263 g/mol. The highest BCUT2D eigenvalue weighted by atomic mass is 15.2. The number of anilines is 2. The zero-order chi connectivity index (χ0) is 13.9. The maximum atomic E-state index is 5.99. The van der Waals surface area contributed by atoms with Gasteiger partial charge in [-0.1, -0.05) is 0 Å². The summed E-state index contributed by atoms with van der Waals surface area (Å²) in [5.74, 6) is 2.71. The lowest BCUT2D eigenvalue weighted by molar-refractivity contribution is 0.548. The Balaban J connectivity index is 2.10. The Morgan fingerprint density at radius 1 is 1.26 bits per heavy atom. The predicted octanol–water partition coefficient (Wildman–Crippen LogP) is 1.92. The van der Waals surface area contributed by atoms with Crippen molar-refractivity contribution in [1.82, 2.24) is 9.97 Å². The van der Waals surface area contributed by atoms with E-state index in [0.29, 0.717) is 6.54 Å². The van der Waals surface area contributed by atoms with E-state index in [1.165, 1.54) is 19.3 Å². The molecule has 1 aliphatic heterocycles. The number of nitrogens with one attached hydrogen (secondary N) is 1. The zero-order valence-corrected chi connectivity index (χ0v) is 12.2. The maximum Gasteiger partial charge on any atom is 0.134 e. The number of nitrogens with two attached hydrogens (primary N) is 1. The average Bonchev–Trinajstić information content (AvgIpc) is 2.36. The molecular weight excluding hydrogens is 238 g/mol. The summed E-state index contributed by atoms with van der Waals surface area (Å²) in [6.45, 7) is 8.82. The van der Waals surface area contributed by atoms with E-state index < -0.39 is 0 Å². The van der Waals surface area contributed by atoms with Crippen LogP contribution < -0.4 is 16.0 Å². The van der Waals surface area contributed by atoms with Crippen molar-refractivity contribution >= 4 is 11.6 Å². The number of hydrogen-bond donors (Lipinski definition) is 2. The van der Waals surface area contributed by atoms with Crippen molar-refractivity contribution in [2.24, 2.45) is 5.73 Å². The molecule has 0 aliphatic carbocycles. The number of nitrogens with zero attached hydrogens (tertiary/aromatic N) is 3. The Morgan fingerprint density at radius 3 is 2.58 bits per heavy atom. The van der Waals surface area contributed by atoms with Gasteiger partial charge in [0, 0.05) is 31.2 Å². The minimum absolute atomic E-state index is 0.246. The van der Waals surface area contributed by atoms with E-state index in [9.17, 15) is 0 Å². The SMILES string of the molecule is Cc1nc(NCC(C)(C)N)cc(N2CCCCC2)n1. The van der Waals surface area contributed by atoms with Gasteiger partial charge in [-0.15, -0.1) is 0 Å². The van der Waals surface area contributed by atoms with Crippen molar-refractivity contribution in [2.45, 2.75) is 45.6 Å². The maximum absolute atomic E-state index is 5.99. The van der Waals surface area contributed by atoms with Gasteiger partial charge in [0.2, 0.25) is 0 Å². The molecule has 0 amide bonds. The molecule has 1 aliphatic rings. The molecule has 0 bridgehead atoms. The van der Waals surface area contributed by atoms with Crippen molar-refractivity contribution in [3.63, 3.8) is 0 Å². The summed E-state index contributed by atoms with van der Waals surface area (Å²) in [5, 5.41) is 3.30. The van der Waals surface area contributed by atoms with Crippen molar-refractivity contribution in [3.8, 4) is 0 Å². The molecule has 2 heterocycles. The van der Waals surface area contributed by atoms with Crippen LogP contribution in [0, 0.1) is 6.92 Å². The van der Waals surface area contributed by atoms with Crippen LogP contribution in [-0.4, -0.2) is 35.1 Å². The summed E-state index contributed by atoms with van der Waals surface area (Å²) in [6, 6.07) is 2.03. The third-order valence-corrected chi connectivity index (χ3v) is 3.23. The lowest BCUT2D eigenvalue weighted by Gasteiger charge is -2.28. The molecule has 1 fully saturated rings. The van der Waals surface area contributed by atoms with E-state index in [0.717, 1.165) is 30.5 Å². The summed E-state index contributed by atoms with van der Waals surface area (Å²) in [7, 11) is 0. The molecule has 0 radical (unpaired) electrons. The van der Waals surface area contributed by atoms with E-state index >= 15 is 0 Å². The van der Waals surface area contributed by atoms with Crippen LogP contribution in [0.4, 0.5) is 11.6 Å². The van der Waals surface area contributed by atoms with E-state index in [-0.39, 0.29) is 5.54 Å². The van der Waals surface area contributed by atoms with Crippen molar-refractivity contribution in [1.29, 1.82) is 0 Å². The van der Waals surface area contributed by atoms with E-state index in [4.69, 9.17) is 5.73 Å². The van der Waals surface area contributed by atoms with Gasteiger partial charge < -0.3 is 16.0 Å². The standard InChI is InChI=1S/C14H25N5/c1-11-17-12(16-10-14(2,3)15)9-13(18-11)19-7-5-4-6-8-19/h9H,4-8,10,15H2,1-3H3,(H,16,17,18). The molecule has 2 rings (SSSR count). The van der Waals surface area contributed by atoms with Crippen molar-refractivity contribution < 1.29 is 0 Å². The van der Waals surface area contributed by atoms with Crippen LogP contribution >= 0.6 is 0 Å². The van der Waals surface area contributed by atoms with Crippen molar-refractivity contribution in [3.05, 3.63) is 11.9 Å². The van der Waals surface area contributed by atoms with Crippen LogP contribution in [0.2, 0.25) is 0 Å². The van der Waals surface area contributed by atoms with Gasteiger partial charge in [-0.05, 0) is 40.0 Å². The largest absolute Gasteiger partial charge is 0.368 e. The number of aromatic nitrogens is 2. The Morgan fingerprint density at radius 2 is 1.95 bits per heavy atom. The summed E-state index contributed by atoms with van der Waals surface area (Å²) >= 11 is 0. The van der Waals surface area contributed by atoms with Crippen molar-refractivity contribution in [2.75, 3.05) is 29.9 Å². The lowest BCUT2D eigenvalue weighted by Crippen LogP contribution is -2.39. The zero-order valence-electron chi connectivity index (χ0n) is 12.2. The van der Waals surface area contributed by atoms with Gasteiger partial charge in [-0.2, -0.15) is 0 Å². The summed E-state index contributed by atoms with van der Waals surface area (Å²) in [5.41, 5.74) is 5.74. The molecule has 0 unspecified atom stereocenters. The fraction of sp³-hybridized carbons (Fsp3) is 0.714. The fourth-order valence-electron chi connectivity index (χ4n) is 2.25. The summed E-state index contributed by atoms with van der Waals surface area (Å²) < 4.78 is 0. The quantitative estimate of drug-likeness (QED) is 0.869. The van der Waals surface area contributed by atoms with Crippen LogP contribution in [0.3, 0.4) is 0 Å². The van der Waals surface area contributed by atoms with Gasteiger partial charge >= 0.3 is 0 Å². The van der Waals surface area contributed by atoms with Gasteiger partial charge in [0.1, 0.15) is 17.5 Å². The minimum Gasteiger partial charge on any atom is -0.368 e. The molecule has 1 saturated heterocycles. The molecule has 1 aromatic rings. The Kier molecular flexibility index (Phi) is 4.24. The molecule has 106 valence electrons. The summed E-state index contributed by atoms with van der Waals surface area (Å²) in [4.78, 5) is 11.3. The van der Waals surface area contributed by atoms with Gasteiger partial charge in [-0.25, -0.2) is 9.97 Å². The topological polar surface area (TPSA) is 67.1 Å². The first-order chi connectivity index (χ1) is 8.94. The van der Waals surface area contributed by atoms with Gasteiger partial charge in [0.15, 0.2) is 0 Å². The van der Waals surface area contributed by atoms with Crippen LogP contribution in [0.1, 0.15) is 38.9 Å². The highest BCUT2D eigenvalue weighted by Gasteiger charge is 2.15. The molecule has 19 heavy (non-hydrogen) atoms. The molecule has 0 atom stereocenters. The van der Waals surface area contributed by atoms with Crippen LogP contribution in [0.25, 0.3) is 0 Å². The lowest BCUT2D eigenvalue weighted by atomic mass is 10.1. The Labute approximate surface area is 115 Å². The molecule has 5 nitrogen and oxygen atoms in total. The smallest absolute Gasteiger partial charge is 0.134 e. The first-order valence-electron chi connectivity index (χ1n) is 7.07.